The smallest absolute Gasteiger partial charge is 0.326 e. The normalized spacial score (nSPS) is 20.7. The second-order valence-corrected chi connectivity index (χ2v) is 8.02. The molecule has 5 heteroatoms. The summed E-state index contributed by atoms with van der Waals surface area (Å²) in [4.78, 5) is 26.7. The molecule has 0 spiro atoms. The Bertz CT molecular complexity index is 841. The van der Waals surface area contributed by atoms with Gasteiger partial charge in [-0.1, -0.05) is 75.4 Å². The molecule has 1 amide bonds. The number of fused-ring (bicyclic) bond motifs is 1. The number of carbonyl (C=O) groups excluding carboxylic acids is 1. The quantitative estimate of drug-likeness (QED) is 0.872. The van der Waals surface area contributed by atoms with E-state index in [1.165, 1.54) is 4.90 Å². The Morgan fingerprint density at radius 1 is 1.04 bits per heavy atom. The highest BCUT2D eigenvalue weighted by Crippen LogP contribution is 2.43. The average Bonchev–Trinajstić information content (AvgIpc) is 2.65. The second kappa shape index (κ2) is 7.16. The highest BCUT2D eigenvalue weighted by Gasteiger charge is 2.46. The summed E-state index contributed by atoms with van der Waals surface area (Å²) in [6, 6.07) is 14.7. The minimum absolute atomic E-state index is 0.228. The first-order valence-corrected chi connectivity index (χ1v) is 9.08. The molecule has 0 saturated carbocycles. The van der Waals surface area contributed by atoms with Crippen LogP contribution in [0.4, 0.5) is 0 Å². The standard InChI is InChI=1S/C22H25NO4/c1-22(2,3)21(27)23-17(20(25)26)13-15-11-7-8-12-16(15)18(23)19(24)14-9-5-4-6-10-14/h4-12,17-19,24H,13H2,1-3H3,(H,25,26). The van der Waals surface area contributed by atoms with Crippen LogP contribution in [0.2, 0.25) is 0 Å². The minimum atomic E-state index is -1.06. The number of amides is 1. The Morgan fingerprint density at radius 2 is 1.63 bits per heavy atom. The zero-order valence-corrected chi connectivity index (χ0v) is 15.8. The van der Waals surface area contributed by atoms with Crippen LogP contribution >= 0.6 is 0 Å². The van der Waals surface area contributed by atoms with Crippen molar-refractivity contribution in [3.05, 3.63) is 71.3 Å². The maximum Gasteiger partial charge on any atom is 0.326 e. The molecule has 0 aliphatic carbocycles. The van der Waals surface area contributed by atoms with Crippen molar-refractivity contribution in [1.82, 2.24) is 4.90 Å². The summed E-state index contributed by atoms with van der Waals surface area (Å²) in [6.45, 7) is 5.29. The molecule has 2 aromatic carbocycles. The van der Waals surface area contributed by atoms with Gasteiger partial charge in [-0.3, -0.25) is 4.79 Å². The zero-order valence-electron chi connectivity index (χ0n) is 15.8. The zero-order chi connectivity index (χ0) is 19.8. The predicted molar refractivity (Wildman–Crippen MR) is 102 cm³/mol. The topological polar surface area (TPSA) is 77.8 Å². The van der Waals surface area contributed by atoms with Gasteiger partial charge >= 0.3 is 5.97 Å². The number of hydrogen-bond acceptors (Lipinski definition) is 3. The molecule has 1 aliphatic rings. The fourth-order valence-corrected chi connectivity index (χ4v) is 3.68. The van der Waals surface area contributed by atoms with Crippen molar-refractivity contribution in [3.63, 3.8) is 0 Å². The number of aliphatic hydroxyl groups excluding tert-OH is 1. The summed E-state index contributed by atoms with van der Waals surface area (Å²) < 4.78 is 0. The number of nitrogens with zero attached hydrogens (tertiary/aromatic N) is 1. The number of carboxylic acid groups (broad SMARTS) is 1. The Labute approximate surface area is 159 Å². The molecule has 3 unspecified atom stereocenters. The van der Waals surface area contributed by atoms with Gasteiger partial charge in [-0.15, -0.1) is 0 Å². The van der Waals surface area contributed by atoms with E-state index >= 15 is 0 Å². The van der Waals surface area contributed by atoms with Crippen molar-refractivity contribution in [2.75, 3.05) is 0 Å². The van der Waals surface area contributed by atoms with Gasteiger partial charge in [0.2, 0.25) is 5.91 Å². The Balaban J connectivity index is 2.18. The summed E-state index contributed by atoms with van der Waals surface area (Å²) in [5, 5.41) is 21.0. The van der Waals surface area contributed by atoms with Crippen molar-refractivity contribution in [2.45, 2.75) is 45.4 Å². The molecule has 2 aromatic rings. The third kappa shape index (κ3) is 3.60. The van der Waals surface area contributed by atoms with Gasteiger partial charge in [-0.05, 0) is 16.7 Å². The number of rotatable bonds is 3. The second-order valence-electron chi connectivity index (χ2n) is 8.02. The number of carboxylic acids is 1. The van der Waals surface area contributed by atoms with Crippen LogP contribution < -0.4 is 0 Å². The first-order valence-electron chi connectivity index (χ1n) is 9.08. The molecular formula is C22H25NO4. The van der Waals surface area contributed by atoms with E-state index in [1.54, 1.807) is 32.9 Å². The monoisotopic (exact) mass is 367 g/mol. The van der Waals surface area contributed by atoms with Gasteiger partial charge in [0.25, 0.3) is 0 Å². The van der Waals surface area contributed by atoms with Gasteiger partial charge in [0.05, 0.1) is 6.04 Å². The van der Waals surface area contributed by atoms with Crippen LogP contribution in [0, 0.1) is 5.41 Å². The van der Waals surface area contributed by atoms with Crippen molar-refractivity contribution < 1.29 is 19.8 Å². The van der Waals surface area contributed by atoms with Crippen LogP contribution in [0.3, 0.4) is 0 Å². The number of aliphatic hydroxyl groups is 1. The molecule has 1 aliphatic heterocycles. The van der Waals surface area contributed by atoms with E-state index in [9.17, 15) is 19.8 Å². The molecule has 0 fully saturated rings. The van der Waals surface area contributed by atoms with E-state index in [1.807, 2.05) is 42.5 Å². The Kier molecular flexibility index (Phi) is 5.07. The molecule has 0 bridgehead atoms. The van der Waals surface area contributed by atoms with Gasteiger partial charge in [0.15, 0.2) is 0 Å². The van der Waals surface area contributed by atoms with Crippen molar-refractivity contribution in [1.29, 1.82) is 0 Å². The molecule has 3 rings (SSSR count). The van der Waals surface area contributed by atoms with Crippen LogP contribution in [0.25, 0.3) is 0 Å². The molecule has 142 valence electrons. The SMILES string of the molecule is CC(C)(C)C(=O)N1C(C(=O)O)Cc2ccccc2C1C(O)c1ccccc1. The van der Waals surface area contributed by atoms with Crippen molar-refractivity contribution in [3.8, 4) is 0 Å². The van der Waals surface area contributed by atoms with Gasteiger partial charge in [0, 0.05) is 11.8 Å². The molecule has 3 atom stereocenters. The van der Waals surface area contributed by atoms with E-state index in [-0.39, 0.29) is 12.3 Å². The van der Waals surface area contributed by atoms with E-state index < -0.39 is 29.6 Å². The average molecular weight is 367 g/mol. The highest BCUT2D eigenvalue weighted by atomic mass is 16.4. The molecule has 1 heterocycles. The minimum Gasteiger partial charge on any atom is -0.480 e. The van der Waals surface area contributed by atoms with Gasteiger partial charge < -0.3 is 15.1 Å². The Morgan fingerprint density at radius 3 is 2.22 bits per heavy atom. The third-order valence-electron chi connectivity index (χ3n) is 5.02. The summed E-state index contributed by atoms with van der Waals surface area (Å²) in [5.74, 6) is -1.35. The molecule has 0 saturated heterocycles. The lowest BCUT2D eigenvalue weighted by Crippen LogP contribution is -2.55. The van der Waals surface area contributed by atoms with Crippen LogP contribution in [-0.2, 0) is 16.0 Å². The fraction of sp³-hybridized carbons (Fsp3) is 0.364. The summed E-state index contributed by atoms with van der Waals surface area (Å²) >= 11 is 0. The maximum absolute atomic E-state index is 13.2. The molecule has 27 heavy (non-hydrogen) atoms. The predicted octanol–water partition coefficient (Wildman–Crippen LogP) is 3.35. The lowest BCUT2D eigenvalue weighted by Gasteiger charge is -2.45. The third-order valence-corrected chi connectivity index (χ3v) is 5.02. The highest BCUT2D eigenvalue weighted by molar-refractivity contribution is 5.88. The fourth-order valence-electron chi connectivity index (χ4n) is 3.68. The van der Waals surface area contributed by atoms with Crippen LogP contribution in [-0.4, -0.2) is 33.0 Å². The van der Waals surface area contributed by atoms with Gasteiger partial charge in [-0.2, -0.15) is 0 Å². The summed E-state index contributed by atoms with van der Waals surface area (Å²) in [5.41, 5.74) is 1.52. The van der Waals surface area contributed by atoms with E-state index in [2.05, 4.69) is 0 Å². The number of carbonyl (C=O) groups is 2. The van der Waals surface area contributed by atoms with Crippen LogP contribution in [0.5, 0.6) is 0 Å². The molecule has 2 N–H and O–H groups in total. The van der Waals surface area contributed by atoms with E-state index in [0.29, 0.717) is 5.56 Å². The van der Waals surface area contributed by atoms with Crippen molar-refractivity contribution >= 4 is 11.9 Å². The summed E-state index contributed by atoms with van der Waals surface area (Å²) in [6.07, 6.45) is -0.800. The largest absolute Gasteiger partial charge is 0.480 e. The first kappa shape index (κ1) is 19.1. The van der Waals surface area contributed by atoms with Crippen LogP contribution in [0.1, 0.15) is 49.6 Å². The first-order chi connectivity index (χ1) is 12.7. The number of hydrogen-bond donors (Lipinski definition) is 2. The lowest BCUT2D eigenvalue weighted by molar-refractivity contribution is -0.161. The van der Waals surface area contributed by atoms with E-state index in [4.69, 9.17) is 0 Å². The molecule has 0 aromatic heterocycles. The summed E-state index contributed by atoms with van der Waals surface area (Å²) in [7, 11) is 0. The number of benzene rings is 2. The maximum atomic E-state index is 13.2. The lowest BCUT2D eigenvalue weighted by atomic mass is 9.81. The molecular weight excluding hydrogens is 342 g/mol. The Hall–Kier alpha value is -2.66. The van der Waals surface area contributed by atoms with Crippen molar-refractivity contribution in [2.24, 2.45) is 5.41 Å². The van der Waals surface area contributed by atoms with Gasteiger partial charge in [0.1, 0.15) is 12.1 Å². The van der Waals surface area contributed by atoms with Gasteiger partial charge in [-0.25, -0.2) is 4.79 Å². The number of aliphatic carboxylic acids is 1. The van der Waals surface area contributed by atoms with E-state index in [0.717, 1.165) is 11.1 Å². The molecule has 5 nitrogen and oxygen atoms in total. The van der Waals surface area contributed by atoms with Crippen LogP contribution in [0.15, 0.2) is 54.6 Å². The molecule has 0 radical (unpaired) electrons.